The van der Waals surface area contributed by atoms with E-state index in [2.05, 4.69) is 86.6 Å². The first-order valence-corrected chi connectivity index (χ1v) is 11.2. The van der Waals surface area contributed by atoms with E-state index in [9.17, 15) is 0 Å². The third-order valence-electron chi connectivity index (χ3n) is 3.65. The normalized spacial score (nSPS) is 18.3. The van der Waals surface area contributed by atoms with Crippen molar-refractivity contribution in [1.82, 2.24) is 0 Å². The zero-order valence-electron chi connectivity index (χ0n) is 11.8. The Bertz CT molecular complexity index is 360. The molecule has 0 radical (unpaired) electrons. The van der Waals surface area contributed by atoms with E-state index >= 15 is 0 Å². The fourth-order valence-corrected chi connectivity index (χ4v) is 6.63. The molecule has 0 saturated carbocycles. The third kappa shape index (κ3) is 5.21. The smallest absolute Gasteiger partial charge is 0.0736 e. The van der Waals surface area contributed by atoms with Gasteiger partial charge < -0.3 is 0 Å². The van der Waals surface area contributed by atoms with Gasteiger partial charge in [0.05, 0.1) is 4.32 Å². The van der Waals surface area contributed by atoms with Gasteiger partial charge in [-0.3, -0.25) is 0 Å². The highest BCUT2D eigenvalue weighted by Crippen LogP contribution is 2.57. The summed E-state index contributed by atoms with van der Waals surface area (Å²) in [6.45, 7) is 2.27. The Kier molecular flexibility index (Phi) is 9.86. The molecule has 0 N–H and O–H groups in total. The quantitative estimate of drug-likeness (QED) is 0.184. The van der Waals surface area contributed by atoms with Crippen LogP contribution >= 0.6 is 79.6 Å². The molecule has 0 heterocycles. The first-order valence-electron chi connectivity index (χ1n) is 7.26. The Balaban J connectivity index is 2.29. The molecule has 1 aliphatic rings. The Morgan fingerprint density at radius 1 is 0.700 bits per heavy atom. The molecule has 0 spiro atoms. The maximum absolute atomic E-state index is 3.89. The van der Waals surface area contributed by atoms with Crippen LogP contribution in [0.1, 0.15) is 64.7 Å². The predicted octanol–water partition coefficient (Wildman–Crippen LogP) is 8.67. The number of unbranched alkanes of at least 4 members (excludes halogenated alkanes) is 7. The van der Waals surface area contributed by atoms with Crippen molar-refractivity contribution < 1.29 is 0 Å². The van der Waals surface area contributed by atoms with Crippen LogP contribution in [0.2, 0.25) is 0 Å². The largest absolute Gasteiger partial charge is 0.0906 e. The summed E-state index contributed by atoms with van der Waals surface area (Å²) >= 11 is 18.5. The Morgan fingerprint density at radius 3 is 1.55 bits per heavy atom. The summed E-state index contributed by atoms with van der Waals surface area (Å²) in [5.74, 6) is 0. The molecule has 0 aromatic carbocycles. The molecule has 0 nitrogen and oxygen atoms in total. The molecular formula is C15H21Br5. The van der Waals surface area contributed by atoms with Gasteiger partial charge in [0.1, 0.15) is 0 Å². The Hall–Kier alpha value is 1.88. The molecule has 0 atom stereocenters. The molecule has 0 aromatic heterocycles. The maximum Gasteiger partial charge on any atom is 0.0906 e. The monoisotopic (exact) mass is 596 g/mol. The van der Waals surface area contributed by atoms with E-state index in [1.807, 2.05) is 0 Å². The standard InChI is InChI=1S/C15H21Br5/c1-2-3-4-5-6-7-8-9-10-15(20)13(18)11(16)12(17)14(15)19/h2-10H2,1H3. The average molecular weight is 601 g/mol. The van der Waals surface area contributed by atoms with Crippen molar-refractivity contribution >= 4 is 79.6 Å². The lowest BCUT2D eigenvalue weighted by molar-refractivity contribution is 0.558. The fraction of sp³-hybridized carbons (Fsp3) is 0.733. The predicted molar refractivity (Wildman–Crippen MR) is 109 cm³/mol. The molecule has 1 aliphatic carbocycles. The lowest BCUT2D eigenvalue weighted by atomic mass is 10.0. The second kappa shape index (κ2) is 9.89. The first-order chi connectivity index (χ1) is 9.45. The topological polar surface area (TPSA) is 0 Å². The van der Waals surface area contributed by atoms with Gasteiger partial charge in [-0.2, -0.15) is 0 Å². The van der Waals surface area contributed by atoms with E-state index in [1.165, 1.54) is 60.3 Å². The number of allylic oxidation sites excluding steroid dienone is 4. The molecule has 0 aromatic rings. The van der Waals surface area contributed by atoms with Crippen molar-refractivity contribution in [2.75, 3.05) is 0 Å². The Morgan fingerprint density at radius 2 is 1.10 bits per heavy atom. The first kappa shape index (κ1) is 19.9. The molecule has 1 rings (SSSR count). The highest BCUT2D eigenvalue weighted by molar-refractivity contribution is 9.18. The van der Waals surface area contributed by atoms with Crippen LogP contribution in [0, 0.1) is 0 Å². The zero-order valence-corrected chi connectivity index (χ0v) is 19.7. The number of alkyl halides is 1. The van der Waals surface area contributed by atoms with E-state index in [0.717, 1.165) is 15.4 Å². The van der Waals surface area contributed by atoms with Gasteiger partial charge in [-0.1, -0.05) is 106 Å². The van der Waals surface area contributed by atoms with Crippen LogP contribution in [-0.4, -0.2) is 4.32 Å². The van der Waals surface area contributed by atoms with Crippen molar-refractivity contribution in [2.45, 2.75) is 69.0 Å². The van der Waals surface area contributed by atoms with Crippen LogP contribution in [0.5, 0.6) is 0 Å². The summed E-state index contributed by atoms with van der Waals surface area (Å²) in [4.78, 5) is 0. The summed E-state index contributed by atoms with van der Waals surface area (Å²) in [7, 11) is 0. The van der Waals surface area contributed by atoms with Gasteiger partial charge in [-0.25, -0.2) is 0 Å². The molecule has 0 saturated heterocycles. The minimum atomic E-state index is -0.0904. The summed E-state index contributed by atoms with van der Waals surface area (Å²) in [5.41, 5.74) is 0. The number of hydrogen-bond acceptors (Lipinski definition) is 0. The van der Waals surface area contributed by atoms with Gasteiger partial charge >= 0.3 is 0 Å². The third-order valence-corrected chi connectivity index (χ3v) is 11.2. The summed E-state index contributed by atoms with van der Waals surface area (Å²) in [6.07, 6.45) is 11.9. The van der Waals surface area contributed by atoms with Crippen LogP contribution in [0.15, 0.2) is 17.9 Å². The van der Waals surface area contributed by atoms with E-state index < -0.39 is 0 Å². The minimum Gasteiger partial charge on any atom is -0.0736 e. The average Bonchev–Trinajstić information content (AvgIpc) is 2.58. The molecular weight excluding hydrogens is 580 g/mol. The molecule has 0 amide bonds. The SMILES string of the molecule is CCCCCCCCCCC1(Br)C(Br)=C(Br)C(Br)=C1Br. The van der Waals surface area contributed by atoms with Gasteiger partial charge in [0, 0.05) is 17.9 Å². The van der Waals surface area contributed by atoms with Gasteiger partial charge in [0.2, 0.25) is 0 Å². The van der Waals surface area contributed by atoms with Gasteiger partial charge in [0.25, 0.3) is 0 Å². The van der Waals surface area contributed by atoms with Crippen molar-refractivity contribution in [3.8, 4) is 0 Å². The maximum atomic E-state index is 3.89. The van der Waals surface area contributed by atoms with Gasteiger partial charge in [-0.05, 0) is 38.3 Å². The lowest BCUT2D eigenvalue weighted by Gasteiger charge is -2.24. The minimum absolute atomic E-state index is 0.0904. The second-order valence-corrected chi connectivity index (χ2v) is 9.81. The van der Waals surface area contributed by atoms with Gasteiger partial charge in [-0.15, -0.1) is 0 Å². The lowest BCUT2D eigenvalue weighted by Crippen LogP contribution is -2.18. The van der Waals surface area contributed by atoms with E-state index in [0.29, 0.717) is 0 Å². The van der Waals surface area contributed by atoms with Crippen molar-refractivity contribution in [3.63, 3.8) is 0 Å². The summed E-state index contributed by atoms with van der Waals surface area (Å²) in [6, 6.07) is 0. The second-order valence-electron chi connectivity index (χ2n) is 5.28. The van der Waals surface area contributed by atoms with E-state index in [-0.39, 0.29) is 4.32 Å². The van der Waals surface area contributed by atoms with E-state index in [4.69, 9.17) is 0 Å². The zero-order chi connectivity index (χ0) is 15.2. The molecule has 0 fully saturated rings. The van der Waals surface area contributed by atoms with E-state index in [1.54, 1.807) is 0 Å². The molecule has 20 heavy (non-hydrogen) atoms. The summed E-state index contributed by atoms with van der Waals surface area (Å²) in [5, 5.41) is 0. The van der Waals surface area contributed by atoms with Crippen molar-refractivity contribution in [3.05, 3.63) is 17.9 Å². The highest BCUT2D eigenvalue weighted by atomic mass is 79.9. The van der Waals surface area contributed by atoms with Crippen molar-refractivity contribution in [1.29, 1.82) is 0 Å². The van der Waals surface area contributed by atoms with Crippen LogP contribution < -0.4 is 0 Å². The van der Waals surface area contributed by atoms with Crippen LogP contribution in [-0.2, 0) is 0 Å². The molecule has 0 bridgehead atoms. The highest BCUT2D eigenvalue weighted by Gasteiger charge is 2.41. The molecule has 5 heteroatoms. The van der Waals surface area contributed by atoms with Crippen LogP contribution in [0.3, 0.4) is 0 Å². The van der Waals surface area contributed by atoms with Gasteiger partial charge in [0.15, 0.2) is 0 Å². The molecule has 116 valence electrons. The molecule has 0 aliphatic heterocycles. The fourth-order valence-electron chi connectivity index (χ4n) is 2.36. The number of rotatable bonds is 9. The van der Waals surface area contributed by atoms with Crippen molar-refractivity contribution in [2.24, 2.45) is 0 Å². The van der Waals surface area contributed by atoms with Crippen LogP contribution in [0.25, 0.3) is 0 Å². The number of halogens is 5. The number of hydrogen-bond donors (Lipinski definition) is 0. The van der Waals surface area contributed by atoms with Crippen LogP contribution in [0.4, 0.5) is 0 Å². The molecule has 0 unspecified atom stereocenters. The summed E-state index contributed by atoms with van der Waals surface area (Å²) < 4.78 is 4.45. The Labute approximate surface area is 165 Å².